The zero-order valence-electron chi connectivity index (χ0n) is 18.4. The van der Waals surface area contributed by atoms with Crippen LogP contribution >= 0.6 is 34.8 Å². The number of nitro benzene ring substituents is 1. The number of nitrogens with zero attached hydrogens (tertiary/aromatic N) is 3. The lowest BCUT2D eigenvalue weighted by molar-refractivity contribution is -0.385. The summed E-state index contributed by atoms with van der Waals surface area (Å²) in [5.74, 6) is -0.309. The molecule has 0 unspecified atom stereocenters. The van der Waals surface area contributed by atoms with E-state index in [9.17, 15) is 23.3 Å². The summed E-state index contributed by atoms with van der Waals surface area (Å²) in [5.41, 5.74) is 0.0122. The molecular weight excluding hydrogens is 553 g/mol. The van der Waals surface area contributed by atoms with Crippen LogP contribution in [0.5, 0.6) is 11.5 Å². The van der Waals surface area contributed by atoms with Crippen molar-refractivity contribution in [3.8, 4) is 11.5 Å². The molecule has 188 valence electrons. The summed E-state index contributed by atoms with van der Waals surface area (Å²) in [5, 5.41) is 12.3. The highest BCUT2D eigenvalue weighted by Crippen LogP contribution is 2.37. The SMILES string of the molecule is O=C(c1ccc(Cl)cc1)N1CCN(S(=O)(=O)c2cc([N+](=O)[O-])ccc2Oc2cc(Cl)ccc2Cl)CC1. The number of rotatable bonds is 6. The van der Waals surface area contributed by atoms with Crippen molar-refractivity contribution in [1.29, 1.82) is 0 Å². The second kappa shape index (κ2) is 10.6. The Morgan fingerprint density at radius 1 is 0.861 bits per heavy atom. The molecular formula is C23H18Cl3N3O6S. The Hall–Kier alpha value is -2.89. The minimum atomic E-state index is -4.24. The Morgan fingerprint density at radius 2 is 1.50 bits per heavy atom. The van der Waals surface area contributed by atoms with Gasteiger partial charge in [-0.3, -0.25) is 14.9 Å². The van der Waals surface area contributed by atoms with E-state index in [1.807, 2.05) is 0 Å². The van der Waals surface area contributed by atoms with Gasteiger partial charge in [0.05, 0.1) is 9.95 Å². The molecule has 0 aromatic heterocycles. The average molecular weight is 571 g/mol. The van der Waals surface area contributed by atoms with Gasteiger partial charge in [-0.15, -0.1) is 0 Å². The summed E-state index contributed by atoms with van der Waals surface area (Å²) in [4.78, 5) is 24.6. The lowest BCUT2D eigenvalue weighted by Crippen LogP contribution is -2.50. The third kappa shape index (κ3) is 5.58. The first kappa shape index (κ1) is 26.2. The molecule has 13 heteroatoms. The van der Waals surface area contributed by atoms with E-state index in [2.05, 4.69) is 0 Å². The second-order valence-corrected chi connectivity index (χ2v) is 11.0. The highest BCUT2D eigenvalue weighted by atomic mass is 35.5. The van der Waals surface area contributed by atoms with Crippen LogP contribution in [0.1, 0.15) is 10.4 Å². The third-order valence-electron chi connectivity index (χ3n) is 5.49. The van der Waals surface area contributed by atoms with Crippen LogP contribution in [0.15, 0.2) is 65.6 Å². The number of non-ortho nitro benzene ring substituents is 1. The molecule has 4 rings (SSSR count). The normalized spacial score (nSPS) is 14.5. The van der Waals surface area contributed by atoms with E-state index in [1.54, 1.807) is 24.3 Å². The molecule has 36 heavy (non-hydrogen) atoms. The van der Waals surface area contributed by atoms with Crippen LogP contribution in [-0.2, 0) is 10.0 Å². The van der Waals surface area contributed by atoms with Gasteiger partial charge in [0.1, 0.15) is 16.4 Å². The molecule has 0 N–H and O–H groups in total. The highest BCUT2D eigenvalue weighted by Gasteiger charge is 2.34. The zero-order chi connectivity index (χ0) is 26.0. The smallest absolute Gasteiger partial charge is 0.271 e. The summed E-state index contributed by atoms with van der Waals surface area (Å²) in [6.45, 7) is 0.237. The van der Waals surface area contributed by atoms with Gasteiger partial charge in [0.15, 0.2) is 0 Å². The number of piperazine rings is 1. The quantitative estimate of drug-likeness (QED) is 0.286. The fourth-order valence-electron chi connectivity index (χ4n) is 3.62. The minimum absolute atomic E-state index is 0.0122. The number of nitro groups is 1. The van der Waals surface area contributed by atoms with Crippen molar-refractivity contribution in [1.82, 2.24) is 9.21 Å². The number of carbonyl (C=O) groups is 1. The maximum atomic E-state index is 13.6. The van der Waals surface area contributed by atoms with E-state index < -0.39 is 25.5 Å². The van der Waals surface area contributed by atoms with Crippen LogP contribution in [0.3, 0.4) is 0 Å². The van der Waals surface area contributed by atoms with E-state index >= 15 is 0 Å². The zero-order valence-corrected chi connectivity index (χ0v) is 21.5. The number of hydrogen-bond donors (Lipinski definition) is 0. The van der Waals surface area contributed by atoms with Crippen molar-refractivity contribution in [2.75, 3.05) is 26.2 Å². The van der Waals surface area contributed by atoms with Crippen LogP contribution < -0.4 is 4.74 Å². The first-order valence-electron chi connectivity index (χ1n) is 10.5. The molecule has 1 heterocycles. The van der Waals surface area contributed by atoms with Crippen LogP contribution in [-0.4, -0.2) is 54.6 Å². The minimum Gasteiger partial charge on any atom is -0.454 e. The van der Waals surface area contributed by atoms with E-state index in [1.165, 1.54) is 29.2 Å². The van der Waals surface area contributed by atoms with Crippen molar-refractivity contribution in [2.24, 2.45) is 0 Å². The molecule has 0 bridgehead atoms. The maximum absolute atomic E-state index is 13.6. The number of carbonyl (C=O) groups excluding carboxylic acids is 1. The fourth-order valence-corrected chi connectivity index (χ4v) is 5.62. The van der Waals surface area contributed by atoms with Gasteiger partial charge in [0.25, 0.3) is 11.6 Å². The van der Waals surface area contributed by atoms with Gasteiger partial charge in [-0.1, -0.05) is 34.8 Å². The van der Waals surface area contributed by atoms with E-state index in [0.29, 0.717) is 15.6 Å². The summed E-state index contributed by atoms with van der Waals surface area (Å²) in [6, 6.07) is 14.1. The highest BCUT2D eigenvalue weighted by molar-refractivity contribution is 7.89. The molecule has 0 atom stereocenters. The lowest BCUT2D eigenvalue weighted by atomic mass is 10.2. The molecule has 0 aliphatic carbocycles. The lowest BCUT2D eigenvalue weighted by Gasteiger charge is -2.34. The largest absolute Gasteiger partial charge is 0.454 e. The van der Waals surface area contributed by atoms with Crippen LogP contribution in [0.4, 0.5) is 5.69 Å². The predicted molar refractivity (Wildman–Crippen MR) is 136 cm³/mol. The number of halogens is 3. The van der Waals surface area contributed by atoms with Crippen molar-refractivity contribution in [2.45, 2.75) is 4.90 Å². The van der Waals surface area contributed by atoms with Gasteiger partial charge in [-0.05, 0) is 42.5 Å². The summed E-state index contributed by atoms with van der Waals surface area (Å²) >= 11 is 18.0. The van der Waals surface area contributed by atoms with Crippen molar-refractivity contribution in [3.63, 3.8) is 0 Å². The molecule has 1 amide bonds. The first-order chi connectivity index (χ1) is 17.1. The van der Waals surface area contributed by atoms with Gasteiger partial charge in [0.2, 0.25) is 10.0 Å². The van der Waals surface area contributed by atoms with Gasteiger partial charge in [0, 0.05) is 60.0 Å². The molecule has 0 spiro atoms. The number of ether oxygens (including phenoxy) is 1. The van der Waals surface area contributed by atoms with Gasteiger partial charge in [-0.2, -0.15) is 4.31 Å². The first-order valence-corrected chi connectivity index (χ1v) is 13.1. The van der Waals surface area contributed by atoms with E-state index in [4.69, 9.17) is 39.5 Å². The molecule has 3 aromatic carbocycles. The molecule has 1 aliphatic heterocycles. The Kier molecular flexibility index (Phi) is 7.72. The van der Waals surface area contributed by atoms with Crippen LogP contribution in [0.2, 0.25) is 15.1 Å². The van der Waals surface area contributed by atoms with Gasteiger partial charge < -0.3 is 9.64 Å². The fraction of sp³-hybridized carbons (Fsp3) is 0.174. The van der Waals surface area contributed by atoms with Crippen molar-refractivity contribution in [3.05, 3.63) is 91.4 Å². The Bertz CT molecular complexity index is 1430. The number of sulfonamides is 1. The van der Waals surface area contributed by atoms with Crippen molar-refractivity contribution < 1.29 is 22.9 Å². The Labute approximate surface area is 221 Å². The molecule has 1 aliphatic rings. The molecule has 1 saturated heterocycles. The number of hydrogen-bond acceptors (Lipinski definition) is 6. The van der Waals surface area contributed by atoms with E-state index in [-0.39, 0.29) is 48.6 Å². The Morgan fingerprint density at radius 3 is 2.14 bits per heavy atom. The van der Waals surface area contributed by atoms with Crippen molar-refractivity contribution >= 4 is 56.4 Å². The molecule has 9 nitrogen and oxygen atoms in total. The van der Waals surface area contributed by atoms with Crippen LogP contribution in [0.25, 0.3) is 0 Å². The van der Waals surface area contributed by atoms with E-state index in [0.717, 1.165) is 16.4 Å². The van der Waals surface area contributed by atoms with Gasteiger partial charge in [-0.25, -0.2) is 8.42 Å². The van der Waals surface area contributed by atoms with Gasteiger partial charge >= 0.3 is 0 Å². The average Bonchev–Trinajstić information content (AvgIpc) is 2.86. The summed E-state index contributed by atoms with van der Waals surface area (Å²) in [7, 11) is -4.24. The predicted octanol–water partition coefficient (Wildman–Crippen LogP) is 5.49. The molecule has 1 fully saturated rings. The Balaban J connectivity index is 1.60. The topological polar surface area (TPSA) is 110 Å². The number of benzene rings is 3. The summed E-state index contributed by atoms with van der Waals surface area (Å²) < 4.78 is 34.0. The number of amides is 1. The van der Waals surface area contributed by atoms with Crippen LogP contribution in [0, 0.1) is 10.1 Å². The molecule has 3 aromatic rings. The monoisotopic (exact) mass is 569 g/mol. The maximum Gasteiger partial charge on any atom is 0.271 e. The third-order valence-corrected chi connectivity index (χ3v) is 8.21. The standard InChI is InChI=1S/C23H18Cl3N3O6S/c24-16-3-1-15(2-4-16)23(30)27-9-11-28(12-10-27)36(33,34)22-14-18(29(31)32)6-8-20(22)35-21-13-17(25)5-7-19(21)26/h1-8,13-14H,9-12H2. The molecule has 0 radical (unpaired) electrons. The summed E-state index contributed by atoms with van der Waals surface area (Å²) in [6.07, 6.45) is 0. The second-order valence-electron chi connectivity index (χ2n) is 7.77. The molecule has 0 saturated carbocycles.